The van der Waals surface area contributed by atoms with Crippen molar-refractivity contribution in [1.29, 1.82) is 0 Å². The molecule has 6 nitrogen and oxygen atoms in total. The van der Waals surface area contributed by atoms with Gasteiger partial charge in [-0.3, -0.25) is 4.79 Å². The highest BCUT2D eigenvalue weighted by Gasteiger charge is 2.30. The van der Waals surface area contributed by atoms with E-state index < -0.39 is 0 Å². The Hall–Kier alpha value is -1.63. The van der Waals surface area contributed by atoms with Crippen LogP contribution >= 0.6 is 11.3 Å². The highest BCUT2D eigenvalue weighted by Crippen LogP contribution is 2.31. The second-order valence-corrected chi connectivity index (χ2v) is 8.11. The number of hydrogen-bond donors (Lipinski definition) is 1. The molecule has 0 bridgehead atoms. The van der Waals surface area contributed by atoms with E-state index in [0.29, 0.717) is 17.9 Å². The van der Waals surface area contributed by atoms with Crippen molar-refractivity contribution in [2.45, 2.75) is 51.5 Å². The Morgan fingerprint density at radius 2 is 1.92 bits per heavy atom. The van der Waals surface area contributed by atoms with E-state index in [-0.39, 0.29) is 0 Å². The van der Waals surface area contributed by atoms with Gasteiger partial charge >= 0.3 is 0 Å². The maximum atomic E-state index is 12.5. The molecule has 0 atom stereocenters. The van der Waals surface area contributed by atoms with Crippen LogP contribution in [0.2, 0.25) is 0 Å². The topological polar surface area (TPSA) is 63.1 Å². The Labute approximate surface area is 146 Å². The molecule has 1 saturated heterocycles. The summed E-state index contributed by atoms with van der Waals surface area (Å²) in [5, 5.41) is 8.94. The molecule has 1 saturated carbocycles. The normalized spacial score (nSPS) is 20.2. The van der Waals surface area contributed by atoms with E-state index in [1.165, 1.54) is 12.8 Å². The van der Waals surface area contributed by atoms with Crippen LogP contribution in [0.25, 0.3) is 10.3 Å². The van der Waals surface area contributed by atoms with Crippen LogP contribution in [0, 0.1) is 12.8 Å². The van der Waals surface area contributed by atoms with E-state index >= 15 is 0 Å². The lowest BCUT2D eigenvalue weighted by Gasteiger charge is -2.33. The van der Waals surface area contributed by atoms with Gasteiger partial charge in [-0.25, -0.2) is 9.67 Å². The molecule has 0 radical (unpaired) electrons. The number of fused-ring (bicyclic) bond motifs is 1. The minimum absolute atomic E-state index is 0.300. The molecule has 3 heterocycles. The predicted octanol–water partition coefficient (Wildman–Crippen LogP) is 2.93. The molecule has 0 aromatic carbocycles. The predicted molar refractivity (Wildman–Crippen MR) is 96.3 cm³/mol. The van der Waals surface area contributed by atoms with Crippen LogP contribution < -0.4 is 5.32 Å². The molecule has 2 aromatic heterocycles. The summed E-state index contributed by atoms with van der Waals surface area (Å²) in [5.41, 5.74) is 1.99. The first kappa shape index (κ1) is 15.9. The van der Waals surface area contributed by atoms with Crippen LogP contribution in [0.3, 0.4) is 0 Å². The minimum atomic E-state index is 0.300. The van der Waals surface area contributed by atoms with Gasteiger partial charge in [-0.2, -0.15) is 5.10 Å². The monoisotopic (exact) mass is 347 g/mol. The molecular weight excluding hydrogens is 322 g/mol. The van der Waals surface area contributed by atoms with Gasteiger partial charge < -0.3 is 10.2 Å². The molecular formula is C17H25N5OS. The van der Waals surface area contributed by atoms with E-state index in [9.17, 15) is 4.79 Å². The zero-order valence-corrected chi connectivity index (χ0v) is 15.2. The molecule has 130 valence electrons. The van der Waals surface area contributed by atoms with E-state index in [2.05, 4.69) is 20.3 Å². The molecule has 2 fully saturated rings. The van der Waals surface area contributed by atoms with Crippen LogP contribution in [0.15, 0.2) is 0 Å². The number of nitrogens with zero attached hydrogens (tertiary/aromatic N) is 4. The summed E-state index contributed by atoms with van der Waals surface area (Å²) in [6, 6.07) is 0.409. The van der Waals surface area contributed by atoms with Crippen LogP contribution in [-0.2, 0) is 11.8 Å². The Bertz CT molecular complexity index is 703. The maximum Gasteiger partial charge on any atom is 0.225 e. The smallest absolute Gasteiger partial charge is 0.225 e. The van der Waals surface area contributed by atoms with Crippen molar-refractivity contribution in [2.75, 3.05) is 18.4 Å². The van der Waals surface area contributed by atoms with Crippen LogP contribution in [-0.4, -0.2) is 44.7 Å². The summed E-state index contributed by atoms with van der Waals surface area (Å²) in [7, 11) is 1.94. The number of carbonyl (C=O) groups excluding carboxylic acids is 1. The second-order valence-electron chi connectivity index (χ2n) is 7.11. The summed E-state index contributed by atoms with van der Waals surface area (Å²) in [4.78, 5) is 19.3. The number of aryl methyl sites for hydroxylation is 2. The molecule has 2 aliphatic rings. The largest absolute Gasteiger partial charge is 0.359 e. The van der Waals surface area contributed by atoms with E-state index in [4.69, 9.17) is 0 Å². The van der Waals surface area contributed by atoms with Gasteiger partial charge in [0.15, 0.2) is 10.8 Å². The summed E-state index contributed by atoms with van der Waals surface area (Å²) in [5.74, 6) is 0.696. The molecule has 7 heteroatoms. The molecule has 1 aliphatic heterocycles. The first-order valence-corrected chi connectivity index (χ1v) is 9.79. The lowest BCUT2D eigenvalue weighted by Crippen LogP contribution is -2.44. The fourth-order valence-electron chi connectivity index (χ4n) is 4.00. The molecule has 1 aliphatic carbocycles. The number of piperidine rings is 1. The van der Waals surface area contributed by atoms with Crippen LogP contribution in [0.1, 0.15) is 44.2 Å². The number of nitrogens with one attached hydrogen (secondary N) is 1. The number of thiazole rings is 1. The van der Waals surface area contributed by atoms with Gasteiger partial charge in [0, 0.05) is 32.1 Å². The van der Waals surface area contributed by atoms with Gasteiger partial charge in [-0.1, -0.05) is 24.2 Å². The molecule has 1 amide bonds. The van der Waals surface area contributed by atoms with Gasteiger partial charge in [-0.15, -0.1) is 0 Å². The number of rotatable bonds is 3. The van der Waals surface area contributed by atoms with Crippen molar-refractivity contribution in [3.63, 3.8) is 0 Å². The average molecular weight is 347 g/mol. The molecule has 0 spiro atoms. The maximum absolute atomic E-state index is 12.5. The summed E-state index contributed by atoms with van der Waals surface area (Å²) in [6.07, 6.45) is 6.64. The quantitative estimate of drug-likeness (QED) is 0.927. The lowest BCUT2D eigenvalue weighted by molar-refractivity contribution is -0.136. The van der Waals surface area contributed by atoms with Gasteiger partial charge in [-0.05, 0) is 32.6 Å². The summed E-state index contributed by atoms with van der Waals surface area (Å²) in [6.45, 7) is 3.77. The van der Waals surface area contributed by atoms with E-state index in [1.807, 2.05) is 18.7 Å². The number of carbonyl (C=O) groups is 1. The fraction of sp³-hybridized carbons (Fsp3) is 0.706. The van der Waals surface area contributed by atoms with Crippen molar-refractivity contribution in [1.82, 2.24) is 19.7 Å². The van der Waals surface area contributed by atoms with Crippen LogP contribution in [0.4, 0.5) is 5.13 Å². The first-order chi connectivity index (χ1) is 11.6. The number of anilines is 1. The van der Waals surface area contributed by atoms with Crippen LogP contribution in [0.5, 0.6) is 0 Å². The lowest BCUT2D eigenvalue weighted by atomic mass is 10.0. The molecule has 1 N–H and O–H groups in total. The van der Waals surface area contributed by atoms with Crippen molar-refractivity contribution < 1.29 is 4.79 Å². The minimum Gasteiger partial charge on any atom is -0.359 e. The molecule has 4 rings (SSSR count). The Morgan fingerprint density at radius 1 is 1.21 bits per heavy atom. The van der Waals surface area contributed by atoms with Crippen molar-refractivity contribution in [2.24, 2.45) is 13.0 Å². The van der Waals surface area contributed by atoms with E-state index in [0.717, 1.165) is 59.9 Å². The Balaban J connectivity index is 1.35. The van der Waals surface area contributed by atoms with E-state index in [1.54, 1.807) is 11.3 Å². The summed E-state index contributed by atoms with van der Waals surface area (Å²) < 4.78 is 3.00. The number of aromatic nitrogens is 3. The van der Waals surface area contributed by atoms with Crippen molar-refractivity contribution in [3.05, 3.63) is 5.69 Å². The number of hydrogen-bond acceptors (Lipinski definition) is 5. The highest BCUT2D eigenvalue weighted by atomic mass is 32.1. The third-order valence-corrected chi connectivity index (χ3v) is 6.47. The molecule has 2 aromatic rings. The van der Waals surface area contributed by atoms with Gasteiger partial charge in [0.25, 0.3) is 0 Å². The SMILES string of the molecule is Cc1nn(C)c2nc(NC3CCN(C(=O)C4CCCC4)CC3)sc12. The third-order valence-electron chi connectivity index (χ3n) is 5.38. The average Bonchev–Trinajstić information content (AvgIpc) is 3.28. The Kier molecular flexibility index (Phi) is 4.20. The Morgan fingerprint density at radius 3 is 2.58 bits per heavy atom. The number of amides is 1. The molecule has 24 heavy (non-hydrogen) atoms. The zero-order chi connectivity index (χ0) is 16.7. The fourth-order valence-corrected chi connectivity index (χ4v) is 5.01. The van der Waals surface area contributed by atoms with Gasteiger partial charge in [0.05, 0.1) is 10.4 Å². The van der Waals surface area contributed by atoms with Gasteiger partial charge in [0.1, 0.15) is 0 Å². The van der Waals surface area contributed by atoms with Crippen molar-refractivity contribution >= 4 is 32.7 Å². The second kappa shape index (κ2) is 6.35. The number of likely N-dealkylation sites (tertiary alicyclic amines) is 1. The summed E-state index contributed by atoms with van der Waals surface area (Å²) >= 11 is 1.68. The van der Waals surface area contributed by atoms with Crippen molar-refractivity contribution in [3.8, 4) is 0 Å². The standard InChI is InChI=1S/C17H25N5OS/c1-11-14-15(21(2)20-11)19-17(24-14)18-13-7-9-22(10-8-13)16(23)12-5-3-4-6-12/h12-13H,3-10H2,1-2H3,(H,18,19). The third kappa shape index (κ3) is 2.90. The first-order valence-electron chi connectivity index (χ1n) is 8.97. The highest BCUT2D eigenvalue weighted by molar-refractivity contribution is 7.22. The van der Waals surface area contributed by atoms with Gasteiger partial charge in [0.2, 0.25) is 5.91 Å². The zero-order valence-electron chi connectivity index (χ0n) is 14.4. The molecule has 0 unspecified atom stereocenters.